The zero-order chi connectivity index (χ0) is 15.5. The zero-order valence-corrected chi connectivity index (χ0v) is 11.6. The van der Waals surface area contributed by atoms with Gasteiger partial charge >= 0.3 is 20.8 Å². The van der Waals surface area contributed by atoms with Crippen LogP contribution in [0.2, 0.25) is 0 Å². The Labute approximate surface area is 111 Å². The summed E-state index contributed by atoms with van der Waals surface area (Å²) in [4.78, 5) is 3.94. The number of imidazole rings is 1. The predicted molar refractivity (Wildman–Crippen MR) is 65.5 cm³/mol. The molecule has 0 radical (unpaired) electrons. The molecule has 1 aromatic heterocycles. The molecule has 0 spiro atoms. The molecule has 0 saturated carbocycles. The first-order valence-electron chi connectivity index (χ1n) is 4.79. The van der Waals surface area contributed by atoms with Gasteiger partial charge in [0.1, 0.15) is 0 Å². The molecule has 0 fully saturated rings. The summed E-state index contributed by atoms with van der Waals surface area (Å²) in [7, 11) is -9.33. The van der Waals surface area contributed by atoms with Crippen molar-refractivity contribution in [2.75, 3.05) is 0 Å². The lowest BCUT2D eigenvalue weighted by Gasteiger charge is -1.96. The van der Waals surface area contributed by atoms with Gasteiger partial charge in [0, 0.05) is 18.9 Å². The van der Waals surface area contributed by atoms with E-state index in [-0.39, 0.29) is 0 Å². The van der Waals surface area contributed by atoms with E-state index in [1.165, 1.54) is 12.8 Å². The normalized spacial score (nSPS) is 10.8. The predicted octanol–water partition coefficient (Wildman–Crippen LogP) is 0.378. The number of unbranched alkanes of at least 4 members (excludes halogenated alkanes) is 1. The fourth-order valence-corrected chi connectivity index (χ4v) is 0.760. The van der Waals surface area contributed by atoms with Gasteiger partial charge in [-0.25, -0.2) is 4.98 Å². The lowest BCUT2D eigenvalue weighted by atomic mass is 10.3. The van der Waals surface area contributed by atoms with Crippen LogP contribution in [0.15, 0.2) is 18.7 Å². The van der Waals surface area contributed by atoms with Crippen LogP contribution >= 0.6 is 0 Å². The van der Waals surface area contributed by atoms with Gasteiger partial charge in [-0.15, -0.1) is 0 Å². The van der Waals surface area contributed by atoms with Gasteiger partial charge in [0.05, 0.1) is 6.33 Å². The Kier molecular flexibility index (Phi) is 10.5. The van der Waals surface area contributed by atoms with Gasteiger partial charge in [-0.2, -0.15) is 16.8 Å². The lowest BCUT2D eigenvalue weighted by Crippen LogP contribution is -1.92. The average molecular weight is 320 g/mol. The van der Waals surface area contributed by atoms with Crippen molar-refractivity contribution in [2.24, 2.45) is 0 Å². The molecule has 1 aromatic rings. The average Bonchev–Trinajstić information content (AvgIpc) is 2.61. The van der Waals surface area contributed by atoms with Gasteiger partial charge < -0.3 is 4.57 Å². The summed E-state index contributed by atoms with van der Waals surface area (Å²) in [6.07, 6.45) is 8.16. The van der Waals surface area contributed by atoms with Crippen molar-refractivity contribution in [1.29, 1.82) is 0 Å². The number of nitrogens with zero attached hydrogens (tertiary/aromatic N) is 2. The van der Waals surface area contributed by atoms with E-state index in [4.69, 9.17) is 35.0 Å². The molecule has 1 heterocycles. The Balaban J connectivity index is 0. The van der Waals surface area contributed by atoms with Crippen LogP contribution in [-0.2, 0) is 27.3 Å². The SMILES string of the molecule is CCCCn1ccnc1.O=S(=O)(O)O.O=S(=O)(O)O. The minimum Gasteiger partial charge on any atom is -0.337 e. The molecule has 0 aliphatic carbocycles. The Morgan fingerprint density at radius 3 is 1.74 bits per heavy atom. The topological polar surface area (TPSA) is 167 Å². The van der Waals surface area contributed by atoms with E-state index in [1.807, 2.05) is 18.7 Å². The van der Waals surface area contributed by atoms with E-state index in [9.17, 15) is 0 Å². The van der Waals surface area contributed by atoms with Gasteiger partial charge in [0.2, 0.25) is 0 Å². The number of aryl methyl sites for hydroxylation is 1. The third kappa shape index (κ3) is 38.3. The quantitative estimate of drug-likeness (QED) is 0.575. The maximum absolute atomic E-state index is 8.74. The van der Waals surface area contributed by atoms with E-state index >= 15 is 0 Å². The molecule has 0 aliphatic heterocycles. The maximum Gasteiger partial charge on any atom is 0.394 e. The number of rotatable bonds is 3. The third-order valence-corrected chi connectivity index (χ3v) is 1.33. The molecule has 0 aromatic carbocycles. The summed E-state index contributed by atoms with van der Waals surface area (Å²) in [6, 6.07) is 0. The summed E-state index contributed by atoms with van der Waals surface area (Å²) >= 11 is 0. The minimum absolute atomic E-state index is 1.11. The first-order chi connectivity index (χ1) is 8.43. The summed E-state index contributed by atoms with van der Waals surface area (Å²) < 4.78 is 65.3. The van der Waals surface area contributed by atoms with Gasteiger partial charge in [-0.05, 0) is 6.42 Å². The summed E-state index contributed by atoms with van der Waals surface area (Å²) in [5, 5.41) is 0. The zero-order valence-electron chi connectivity index (χ0n) is 9.99. The smallest absolute Gasteiger partial charge is 0.337 e. The molecule has 12 heteroatoms. The molecule has 0 unspecified atom stereocenters. The molecule has 4 N–H and O–H groups in total. The van der Waals surface area contributed by atoms with Gasteiger partial charge in [0.25, 0.3) is 0 Å². The van der Waals surface area contributed by atoms with Crippen molar-refractivity contribution < 1.29 is 35.0 Å². The van der Waals surface area contributed by atoms with Crippen molar-refractivity contribution >= 4 is 20.8 Å². The largest absolute Gasteiger partial charge is 0.394 e. The van der Waals surface area contributed by atoms with E-state index in [0.29, 0.717) is 0 Å². The van der Waals surface area contributed by atoms with Crippen LogP contribution in [0.4, 0.5) is 0 Å². The first-order valence-corrected chi connectivity index (χ1v) is 7.58. The second kappa shape index (κ2) is 9.82. The third-order valence-electron chi connectivity index (χ3n) is 1.33. The van der Waals surface area contributed by atoms with Crippen LogP contribution in [0.25, 0.3) is 0 Å². The summed E-state index contributed by atoms with van der Waals surface area (Å²) in [5.74, 6) is 0. The molecule has 1 rings (SSSR count). The van der Waals surface area contributed by atoms with Crippen molar-refractivity contribution in [2.45, 2.75) is 26.3 Å². The van der Waals surface area contributed by atoms with Crippen LogP contribution in [0.5, 0.6) is 0 Å². The highest BCUT2D eigenvalue weighted by molar-refractivity contribution is 7.80. The van der Waals surface area contributed by atoms with E-state index in [0.717, 1.165) is 6.54 Å². The van der Waals surface area contributed by atoms with Gasteiger partial charge in [-0.1, -0.05) is 13.3 Å². The molecular formula is C7H16N2O8S2. The second-order valence-corrected chi connectivity index (χ2v) is 4.84. The number of hydrogen-bond donors (Lipinski definition) is 4. The summed E-state index contributed by atoms with van der Waals surface area (Å²) in [6.45, 7) is 3.30. The Morgan fingerprint density at radius 1 is 1.05 bits per heavy atom. The molecule has 0 aliphatic rings. The van der Waals surface area contributed by atoms with Gasteiger partial charge in [-0.3, -0.25) is 18.2 Å². The highest BCUT2D eigenvalue weighted by Crippen LogP contribution is 1.92. The molecule has 114 valence electrons. The van der Waals surface area contributed by atoms with Crippen molar-refractivity contribution in [3.8, 4) is 0 Å². The number of hydrogen-bond acceptors (Lipinski definition) is 5. The molecular weight excluding hydrogens is 304 g/mol. The molecule has 19 heavy (non-hydrogen) atoms. The van der Waals surface area contributed by atoms with Crippen LogP contribution < -0.4 is 0 Å². The van der Waals surface area contributed by atoms with Gasteiger partial charge in [0.15, 0.2) is 0 Å². The number of aromatic nitrogens is 2. The van der Waals surface area contributed by atoms with Crippen molar-refractivity contribution in [3.05, 3.63) is 18.7 Å². The van der Waals surface area contributed by atoms with Crippen LogP contribution in [0.3, 0.4) is 0 Å². The Hall–Kier alpha value is -1.05. The highest BCUT2D eigenvalue weighted by Gasteiger charge is 1.86. The van der Waals surface area contributed by atoms with Crippen LogP contribution in [-0.4, -0.2) is 44.6 Å². The maximum atomic E-state index is 8.74. The summed E-state index contributed by atoms with van der Waals surface area (Å²) in [5.41, 5.74) is 0. The van der Waals surface area contributed by atoms with E-state index in [2.05, 4.69) is 16.5 Å². The molecule has 0 bridgehead atoms. The molecule has 0 atom stereocenters. The Bertz CT molecular complexity index is 461. The van der Waals surface area contributed by atoms with Crippen molar-refractivity contribution in [1.82, 2.24) is 9.55 Å². The second-order valence-electron chi connectivity index (χ2n) is 3.05. The molecule has 0 saturated heterocycles. The monoisotopic (exact) mass is 320 g/mol. The fourth-order valence-electron chi connectivity index (χ4n) is 0.760. The standard InChI is InChI=1S/C7H12N2.2H2O4S/c1-2-3-5-9-6-4-8-7-9;2*1-5(2,3)4/h4,6-7H,2-3,5H2,1H3;2*(H2,1,2,3,4). The van der Waals surface area contributed by atoms with Crippen LogP contribution in [0, 0.1) is 0 Å². The minimum atomic E-state index is -4.67. The van der Waals surface area contributed by atoms with Crippen molar-refractivity contribution in [3.63, 3.8) is 0 Å². The lowest BCUT2D eigenvalue weighted by molar-refractivity contribution is 0.378. The molecule has 0 amide bonds. The van der Waals surface area contributed by atoms with E-state index < -0.39 is 20.8 Å². The first kappa shape index (κ1) is 20.3. The fraction of sp³-hybridized carbons (Fsp3) is 0.571. The highest BCUT2D eigenvalue weighted by atomic mass is 32.3. The van der Waals surface area contributed by atoms with Crippen LogP contribution in [0.1, 0.15) is 19.8 Å². The van der Waals surface area contributed by atoms with E-state index in [1.54, 1.807) is 0 Å². The Morgan fingerprint density at radius 2 is 1.47 bits per heavy atom. The molecule has 10 nitrogen and oxygen atoms in total.